The first-order valence-electron chi connectivity index (χ1n) is 13.0. The molecule has 5 rings (SSSR count). The van der Waals surface area contributed by atoms with E-state index in [1.54, 1.807) is 6.92 Å². The van der Waals surface area contributed by atoms with E-state index in [1.807, 2.05) is 84.6 Å². The molecular weight excluding hydrogens is 472 g/mol. The quantitative estimate of drug-likeness (QED) is 0.326. The lowest BCUT2D eigenvalue weighted by Crippen LogP contribution is -2.40. The zero-order valence-electron chi connectivity index (χ0n) is 22.0. The third-order valence-electron chi connectivity index (χ3n) is 6.95. The van der Waals surface area contributed by atoms with Gasteiger partial charge in [-0.3, -0.25) is 9.59 Å². The molecule has 0 aliphatic carbocycles. The normalized spacial score (nSPS) is 15.3. The number of hydrogen-bond donors (Lipinski definition) is 1. The Morgan fingerprint density at radius 2 is 1.61 bits per heavy atom. The van der Waals surface area contributed by atoms with Gasteiger partial charge in [0, 0.05) is 17.8 Å². The average Bonchev–Trinajstić information content (AvgIpc) is 2.92. The number of fused-ring (bicyclic) bond motifs is 1. The van der Waals surface area contributed by atoms with Crippen molar-refractivity contribution in [3.05, 3.63) is 130 Å². The van der Waals surface area contributed by atoms with Gasteiger partial charge in [-0.25, -0.2) is 0 Å². The molecular formula is C33H32N2O3. The molecule has 5 nitrogen and oxygen atoms in total. The van der Waals surface area contributed by atoms with Crippen molar-refractivity contribution in [3.63, 3.8) is 0 Å². The maximum absolute atomic E-state index is 13.7. The summed E-state index contributed by atoms with van der Waals surface area (Å²) in [4.78, 5) is 28.5. The Bertz CT molecular complexity index is 1460. The van der Waals surface area contributed by atoms with Crippen LogP contribution in [-0.4, -0.2) is 29.4 Å². The van der Waals surface area contributed by atoms with Gasteiger partial charge < -0.3 is 15.0 Å². The summed E-state index contributed by atoms with van der Waals surface area (Å²) in [6.07, 6.45) is 0.0523. The van der Waals surface area contributed by atoms with Crippen molar-refractivity contribution >= 4 is 17.5 Å². The molecule has 1 heterocycles. The Labute approximate surface area is 224 Å². The van der Waals surface area contributed by atoms with E-state index in [1.165, 1.54) is 5.56 Å². The van der Waals surface area contributed by atoms with E-state index in [-0.39, 0.29) is 17.9 Å². The average molecular weight is 505 g/mol. The SMILES string of the molecule is Cc1cccc(NC(=O)[C@H](C)Oc2ccc3c(c2)[C@@H](c2cccc(C)c2)N(C(=O)c2ccccc2)CC3)c1. The Hall–Kier alpha value is -4.38. The summed E-state index contributed by atoms with van der Waals surface area (Å²) in [6, 6.07) is 31.1. The van der Waals surface area contributed by atoms with E-state index in [4.69, 9.17) is 4.74 Å². The number of nitrogens with zero attached hydrogens (tertiary/aromatic N) is 1. The van der Waals surface area contributed by atoms with Gasteiger partial charge in [0.05, 0.1) is 6.04 Å². The smallest absolute Gasteiger partial charge is 0.265 e. The second-order valence-electron chi connectivity index (χ2n) is 9.91. The number of anilines is 1. The van der Waals surface area contributed by atoms with Crippen LogP contribution in [0.25, 0.3) is 0 Å². The highest BCUT2D eigenvalue weighted by atomic mass is 16.5. The summed E-state index contributed by atoms with van der Waals surface area (Å²) in [5.74, 6) is 0.381. The van der Waals surface area contributed by atoms with E-state index in [0.717, 1.165) is 34.4 Å². The largest absolute Gasteiger partial charge is 0.481 e. The summed E-state index contributed by atoms with van der Waals surface area (Å²) in [7, 11) is 0. The Balaban J connectivity index is 1.45. The summed E-state index contributed by atoms with van der Waals surface area (Å²) in [5.41, 5.74) is 6.87. The third kappa shape index (κ3) is 5.47. The predicted molar refractivity (Wildman–Crippen MR) is 151 cm³/mol. The Kier molecular flexibility index (Phi) is 7.27. The molecule has 0 aromatic heterocycles. The lowest BCUT2D eigenvalue weighted by atomic mass is 9.87. The van der Waals surface area contributed by atoms with Crippen LogP contribution in [0, 0.1) is 13.8 Å². The van der Waals surface area contributed by atoms with Gasteiger partial charge >= 0.3 is 0 Å². The van der Waals surface area contributed by atoms with Crippen LogP contribution in [0.1, 0.15) is 51.1 Å². The number of nitrogens with one attached hydrogen (secondary N) is 1. The highest BCUT2D eigenvalue weighted by Gasteiger charge is 2.33. The maximum atomic E-state index is 13.7. The summed E-state index contributed by atoms with van der Waals surface area (Å²) < 4.78 is 6.12. The molecule has 2 atom stereocenters. The fourth-order valence-electron chi connectivity index (χ4n) is 5.06. The molecule has 0 saturated heterocycles. The number of benzene rings is 4. The van der Waals surface area contributed by atoms with Crippen molar-refractivity contribution in [1.82, 2.24) is 4.90 Å². The summed E-state index contributed by atoms with van der Waals surface area (Å²) in [6.45, 7) is 6.41. The van der Waals surface area contributed by atoms with Crippen LogP contribution in [0.5, 0.6) is 5.75 Å². The molecule has 0 unspecified atom stereocenters. The molecule has 38 heavy (non-hydrogen) atoms. The summed E-state index contributed by atoms with van der Waals surface area (Å²) in [5, 5.41) is 2.93. The van der Waals surface area contributed by atoms with Gasteiger partial charge in [0.2, 0.25) is 0 Å². The lowest BCUT2D eigenvalue weighted by Gasteiger charge is -2.38. The molecule has 4 aromatic rings. The number of hydrogen-bond acceptors (Lipinski definition) is 3. The van der Waals surface area contributed by atoms with Crippen LogP contribution < -0.4 is 10.1 Å². The number of aryl methyl sites for hydroxylation is 2. The predicted octanol–water partition coefficient (Wildman–Crippen LogP) is 6.50. The molecule has 1 aliphatic rings. The standard InChI is InChI=1S/C33H32N2O3/c1-22-9-7-13-27(19-22)31-30-21-29(38-24(3)32(36)34-28-14-8-10-23(2)20-28)16-15-25(30)17-18-35(31)33(37)26-11-5-4-6-12-26/h4-16,19-21,24,31H,17-18H2,1-3H3,(H,34,36)/t24-,31+/m0/s1. The van der Waals surface area contributed by atoms with Gasteiger partial charge in [0.15, 0.2) is 6.10 Å². The fourth-order valence-corrected chi connectivity index (χ4v) is 5.06. The van der Waals surface area contributed by atoms with Gasteiger partial charge in [-0.05, 0) is 85.8 Å². The zero-order chi connectivity index (χ0) is 26.6. The van der Waals surface area contributed by atoms with Crippen molar-refractivity contribution in [3.8, 4) is 5.75 Å². The van der Waals surface area contributed by atoms with Crippen LogP contribution >= 0.6 is 0 Å². The molecule has 192 valence electrons. The van der Waals surface area contributed by atoms with E-state index in [9.17, 15) is 9.59 Å². The van der Waals surface area contributed by atoms with Crippen molar-refractivity contribution in [2.75, 3.05) is 11.9 Å². The zero-order valence-corrected chi connectivity index (χ0v) is 22.0. The minimum absolute atomic E-state index is 0.0000204. The number of ether oxygens (including phenoxy) is 1. The molecule has 0 saturated carbocycles. The monoisotopic (exact) mass is 504 g/mol. The Morgan fingerprint density at radius 3 is 2.34 bits per heavy atom. The first-order chi connectivity index (χ1) is 18.4. The van der Waals surface area contributed by atoms with Crippen molar-refractivity contribution in [2.45, 2.75) is 39.3 Å². The van der Waals surface area contributed by atoms with Crippen LogP contribution in [0.15, 0.2) is 97.1 Å². The van der Waals surface area contributed by atoms with Crippen LogP contribution in [0.4, 0.5) is 5.69 Å². The topological polar surface area (TPSA) is 58.6 Å². The van der Waals surface area contributed by atoms with Gasteiger partial charge in [0.1, 0.15) is 5.75 Å². The van der Waals surface area contributed by atoms with Crippen molar-refractivity contribution in [1.29, 1.82) is 0 Å². The highest BCUT2D eigenvalue weighted by molar-refractivity contribution is 5.95. The van der Waals surface area contributed by atoms with Crippen molar-refractivity contribution in [2.24, 2.45) is 0 Å². The van der Waals surface area contributed by atoms with E-state index in [2.05, 4.69) is 36.5 Å². The maximum Gasteiger partial charge on any atom is 0.265 e. The molecule has 0 fully saturated rings. The van der Waals surface area contributed by atoms with E-state index >= 15 is 0 Å². The fraction of sp³-hybridized carbons (Fsp3) is 0.212. The van der Waals surface area contributed by atoms with Gasteiger partial charge in [-0.1, -0.05) is 66.2 Å². The van der Waals surface area contributed by atoms with Gasteiger partial charge in [-0.2, -0.15) is 0 Å². The lowest BCUT2D eigenvalue weighted by molar-refractivity contribution is -0.122. The molecule has 0 bridgehead atoms. The molecule has 1 N–H and O–H groups in total. The van der Waals surface area contributed by atoms with Crippen LogP contribution in [0.2, 0.25) is 0 Å². The second kappa shape index (κ2) is 10.9. The van der Waals surface area contributed by atoms with Gasteiger partial charge in [0.25, 0.3) is 11.8 Å². The summed E-state index contributed by atoms with van der Waals surface area (Å²) >= 11 is 0. The number of amides is 2. The molecule has 5 heteroatoms. The van der Waals surface area contributed by atoms with Gasteiger partial charge in [-0.15, -0.1) is 0 Å². The molecule has 4 aromatic carbocycles. The molecule has 1 aliphatic heterocycles. The molecule has 0 spiro atoms. The minimum Gasteiger partial charge on any atom is -0.481 e. The second-order valence-corrected chi connectivity index (χ2v) is 9.91. The van der Waals surface area contributed by atoms with E-state index in [0.29, 0.717) is 17.9 Å². The highest BCUT2D eigenvalue weighted by Crippen LogP contribution is 2.38. The molecule has 2 amide bonds. The molecule has 0 radical (unpaired) electrons. The number of carbonyl (C=O) groups is 2. The Morgan fingerprint density at radius 1 is 0.868 bits per heavy atom. The minimum atomic E-state index is -0.698. The number of rotatable bonds is 6. The van der Waals surface area contributed by atoms with Crippen LogP contribution in [-0.2, 0) is 11.2 Å². The first kappa shape index (κ1) is 25.3. The third-order valence-corrected chi connectivity index (χ3v) is 6.95. The van der Waals surface area contributed by atoms with Crippen LogP contribution in [0.3, 0.4) is 0 Å². The number of carbonyl (C=O) groups excluding carboxylic acids is 2. The van der Waals surface area contributed by atoms with E-state index < -0.39 is 6.10 Å². The van der Waals surface area contributed by atoms with Crippen molar-refractivity contribution < 1.29 is 14.3 Å². The first-order valence-corrected chi connectivity index (χ1v) is 13.0.